The Balaban J connectivity index is 1.02. The van der Waals surface area contributed by atoms with Crippen molar-refractivity contribution in [3.8, 4) is 11.4 Å². The number of nitrogens with one attached hydrogen (secondary N) is 3. The van der Waals surface area contributed by atoms with Gasteiger partial charge in [0.05, 0.1) is 5.52 Å². The van der Waals surface area contributed by atoms with Crippen LogP contribution >= 0.6 is 0 Å². The van der Waals surface area contributed by atoms with Crippen LogP contribution in [0.2, 0.25) is 0 Å². The minimum atomic E-state index is -0.673. The quantitative estimate of drug-likeness (QED) is 0.175. The van der Waals surface area contributed by atoms with Crippen molar-refractivity contribution in [3.05, 3.63) is 82.7 Å². The number of aliphatic hydroxyl groups is 1. The summed E-state index contributed by atoms with van der Waals surface area (Å²) in [5.74, 6) is 2.45. The number of rotatable bonds is 12. The molecule has 0 aliphatic heterocycles. The van der Waals surface area contributed by atoms with Crippen molar-refractivity contribution in [1.29, 1.82) is 0 Å². The van der Waals surface area contributed by atoms with Crippen LogP contribution in [0.15, 0.2) is 65.6 Å². The van der Waals surface area contributed by atoms with E-state index in [2.05, 4.69) is 49.1 Å². The summed E-state index contributed by atoms with van der Waals surface area (Å²) in [5.41, 5.74) is 5.17. The molecule has 0 amide bonds. The molecule has 5 aromatic rings. The smallest absolute Gasteiger partial charge is 0.323 e. The molecule has 40 heavy (non-hydrogen) atoms. The molecule has 1 unspecified atom stereocenters. The van der Waals surface area contributed by atoms with Gasteiger partial charge in [-0.2, -0.15) is 0 Å². The number of aliphatic hydroxyl groups excluding tert-OH is 1. The van der Waals surface area contributed by atoms with E-state index < -0.39 is 6.10 Å². The van der Waals surface area contributed by atoms with Gasteiger partial charge in [-0.25, -0.2) is 14.8 Å². The number of nitrogens with zero attached hydrogens (tertiary/aromatic N) is 3. The molecule has 6 rings (SSSR count). The van der Waals surface area contributed by atoms with Crippen molar-refractivity contribution < 1.29 is 9.84 Å². The van der Waals surface area contributed by atoms with E-state index in [1.54, 1.807) is 18.2 Å². The Morgan fingerprint density at radius 2 is 1.90 bits per heavy atom. The molecule has 3 heterocycles. The number of hydrogen-bond donors (Lipinski definition) is 4. The summed E-state index contributed by atoms with van der Waals surface area (Å²) in [5, 5.41) is 13.7. The minimum absolute atomic E-state index is 0.129. The van der Waals surface area contributed by atoms with Crippen molar-refractivity contribution in [2.24, 2.45) is 5.92 Å². The van der Waals surface area contributed by atoms with Crippen molar-refractivity contribution >= 4 is 22.2 Å². The van der Waals surface area contributed by atoms with Gasteiger partial charge < -0.3 is 25.1 Å². The van der Waals surface area contributed by atoms with Crippen molar-refractivity contribution in [1.82, 2.24) is 29.8 Å². The van der Waals surface area contributed by atoms with E-state index in [1.165, 1.54) is 37.7 Å². The SMILES string of the molecule is O=c1[nH]c2cccc(OCC(O)CNCCc3ccc(-n4c(CCC5CCCC5)nc5cccnc54)cc3)c2[nH]1. The van der Waals surface area contributed by atoms with Gasteiger partial charge in [-0.15, -0.1) is 0 Å². The van der Waals surface area contributed by atoms with Gasteiger partial charge in [0.25, 0.3) is 0 Å². The minimum Gasteiger partial charge on any atom is -0.489 e. The zero-order chi connectivity index (χ0) is 27.3. The summed E-state index contributed by atoms with van der Waals surface area (Å²) in [6.07, 6.45) is 9.57. The number of ether oxygens (including phenoxy) is 1. The molecule has 0 saturated heterocycles. The van der Waals surface area contributed by atoms with E-state index in [1.807, 2.05) is 18.3 Å². The Morgan fingerprint density at radius 3 is 2.75 bits per heavy atom. The highest BCUT2D eigenvalue weighted by atomic mass is 16.5. The number of para-hydroxylation sites is 1. The predicted octanol–water partition coefficient (Wildman–Crippen LogP) is 4.28. The van der Waals surface area contributed by atoms with Gasteiger partial charge in [0.2, 0.25) is 0 Å². The van der Waals surface area contributed by atoms with Crippen LogP contribution in [0.4, 0.5) is 0 Å². The molecule has 9 heteroatoms. The molecule has 1 saturated carbocycles. The predicted molar refractivity (Wildman–Crippen MR) is 156 cm³/mol. The van der Waals surface area contributed by atoms with E-state index in [-0.39, 0.29) is 12.3 Å². The van der Waals surface area contributed by atoms with Gasteiger partial charge in [0.1, 0.15) is 35.3 Å². The fourth-order valence-electron chi connectivity index (χ4n) is 5.74. The van der Waals surface area contributed by atoms with Crippen LogP contribution < -0.4 is 15.7 Å². The van der Waals surface area contributed by atoms with Crippen LogP contribution in [0.25, 0.3) is 27.9 Å². The fraction of sp³-hybridized carbons (Fsp3) is 0.387. The monoisotopic (exact) mass is 540 g/mol. The third-order valence-electron chi connectivity index (χ3n) is 7.85. The molecule has 4 N–H and O–H groups in total. The topological polar surface area (TPSA) is 121 Å². The summed E-state index contributed by atoms with van der Waals surface area (Å²) in [6.45, 7) is 1.28. The number of aromatic amines is 2. The summed E-state index contributed by atoms with van der Waals surface area (Å²) in [7, 11) is 0. The normalized spacial score (nSPS) is 14.8. The molecule has 1 aliphatic carbocycles. The second-order valence-corrected chi connectivity index (χ2v) is 10.7. The third kappa shape index (κ3) is 5.95. The number of benzene rings is 2. The maximum absolute atomic E-state index is 11.6. The highest BCUT2D eigenvalue weighted by molar-refractivity contribution is 5.81. The van der Waals surface area contributed by atoms with Crippen LogP contribution in [0.3, 0.4) is 0 Å². The maximum atomic E-state index is 11.6. The zero-order valence-corrected chi connectivity index (χ0v) is 22.6. The zero-order valence-electron chi connectivity index (χ0n) is 22.6. The maximum Gasteiger partial charge on any atom is 0.323 e. The second kappa shape index (κ2) is 12.1. The lowest BCUT2D eigenvalue weighted by Gasteiger charge is -2.14. The average molecular weight is 541 g/mol. The molecule has 0 spiro atoms. The van der Waals surface area contributed by atoms with E-state index >= 15 is 0 Å². The molecule has 0 bridgehead atoms. The molecule has 1 aliphatic rings. The van der Waals surface area contributed by atoms with E-state index in [0.29, 0.717) is 23.3 Å². The highest BCUT2D eigenvalue weighted by Crippen LogP contribution is 2.30. The summed E-state index contributed by atoms with van der Waals surface area (Å²) in [6, 6.07) is 18.0. The largest absolute Gasteiger partial charge is 0.489 e. The van der Waals surface area contributed by atoms with Gasteiger partial charge >= 0.3 is 5.69 Å². The molecular formula is C31H36N6O3. The Morgan fingerprint density at radius 1 is 1.05 bits per heavy atom. The van der Waals surface area contributed by atoms with Crippen molar-refractivity contribution in [3.63, 3.8) is 0 Å². The van der Waals surface area contributed by atoms with Crippen molar-refractivity contribution in [2.45, 2.75) is 51.0 Å². The molecule has 3 aromatic heterocycles. The van der Waals surface area contributed by atoms with Gasteiger partial charge in [0.15, 0.2) is 5.65 Å². The van der Waals surface area contributed by atoms with E-state index in [0.717, 1.165) is 48.0 Å². The molecule has 1 atom stereocenters. The van der Waals surface area contributed by atoms with Crippen molar-refractivity contribution in [2.75, 3.05) is 19.7 Å². The lowest BCUT2D eigenvalue weighted by atomic mass is 10.0. The average Bonchev–Trinajstić information content (AvgIpc) is 3.71. The molecular weight excluding hydrogens is 504 g/mol. The van der Waals surface area contributed by atoms with Crippen LogP contribution in [0.5, 0.6) is 5.75 Å². The molecule has 1 fully saturated rings. The Bertz CT molecular complexity index is 1610. The van der Waals surface area contributed by atoms with Gasteiger partial charge in [-0.3, -0.25) is 4.57 Å². The third-order valence-corrected chi connectivity index (χ3v) is 7.85. The van der Waals surface area contributed by atoms with Gasteiger partial charge in [-0.1, -0.05) is 43.9 Å². The number of hydrogen-bond acceptors (Lipinski definition) is 6. The molecule has 0 radical (unpaired) electrons. The fourth-order valence-corrected chi connectivity index (χ4v) is 5.74. The number of aromatic nitrogens is 5. The first-order valence-electron chi connectivity index (χ1n) is 14.3. The lowest BCUT2D eigenvalue weighted by Crippen LogP contribution is -2.32. The first-order valence-corrected chi connectivity index (χ1v) is 14.3. The van der Waals surface area contributed by atoms with E-state index in [9.17, 15) is 9.90 Å². The van der Waals surface area contributed by atoms with Gasteiger partial charge in [0, 0.05) is 24.8 Å². The first kappa shape index (κ1) is 26.3. The van der Waals surface area contributed by atoms with Crippen LogP contribution in [0, 0.1) is 5.92 Å². The Hall–Kier alpha value is -3.95. The lowest BCUT2D eigenvalue weighted by molar-refractivity contribution is 0.107. The molecule has 2 aromatic carbocycles. The number of fused-ring (bicyclic) bond motifs is 2. The standard InChI is InChI=1S/C31H36N6O3/c38-24(20-40-27-9-3-7-25-29(27)36-31(39)35-25)19-32-18-16-22-10-13-23(14-11-22)37-28(15-12-21-5-1-2-6-21)34-26-8-4-17-33-30(26)37/h3-4,7-11,13-14,17,21,24,32,38H,1-2,5-6,12,15-16,18-20H2,(H2,35,36,39). The van der Waals surface area contributed by atoms with Crippen LogP contribution in [-0.4, -0.2) is 55.4 Å². The number of aryl methyl sites for hydroxylation is 1. The van der Waals surface area contributed by atoms with Crippen LogP contribution in [-0.2, 0) is 12.8 Å². The number of pyridine rings is 1. The Labute approximate surface area is 232 Å². The second-order valence-electron chi connectivity index (χ2n) is 10.7. The number of imidazole rings is 2. The van der Waals surface area contributed by atoms with Crippen LogP contribution in [0.1, 0.15) is 43.5 Å². The summed E-state index contributed by atoms with van der Waals surface area (Å²) < 4.78 is 7.97. The Kier molecular flexibility index (Phi) is 7.92. The van der Waals surface area contributed by atoms with Gasteiger partial charge in [-0.05, 0) is 67.3 Å². The summed E-state index contributed by atoms with van der Waals surface area (Å²) >= 11 is 0. The number of H-pyrrole nitrogens is 2. The first-order chi connectivity index (χ1) is 19.6. The highest BCUT2D eigenvalue weighted by Gasteiger charge is 2.18. The summed E-state index contributed by atoms with van der Waals surface area (Å²) in [4.78, 5) is 26.6. The molecule has 9 nitrogen and oxygen atoms in total. The molecule has 208 valence electrons. The van der Waals surface area contributed by atoms with E-state index in [4.69, 9.17) is 9.72 Å².